The highest BCUT2D eigenvalue weighted by molar-refractivity contribution is 7.15. The molecule has 0 atom stereocenters. The van der Waals surface area contributed by atoms with Crippen LogP contribution < -0.4 is 5.32 Å². The fourth-order valence-electron chi connectivity index (χ4n) is 2.31. The van der Waals surface area contributed by atoms with Crippen LogP contribution in [0.1, 0.15) is 28.2 Å². The lowest BCUT2D eigenvalue weighted by Crippen LogP contribution is -2.13. The Kier molecular flexibility index (Phi) is 3.80. The number of rotatable bonds is 4. The summed E-state index contributed by atoms with van der Waals surface area (Å²) in [5, 5.41) is 24.2. The van der Waals surface area contributed by atoms with Gasteiger partial charge in [-0.25, -0.2) is 4.52 Å². The summed E-state index contributed by atoms with van der Waals surface area (Å²) in [6.45, 7) is 5.74. The van der Waals surface area contributed by atoms with E-state index >= 15 is 0 Å². The molecule has 0 unspecified atom stereocenters. The Balaban J connectivity index is 1.72. The van der Waals surface area contributed by atoms with Gasteiger partial charge in [0.2, 0.25) is 11.0 Å². The molecule has 0 aliphatic rings. The van der Waals surface area contributed by atoms with Gasteiger partial charge < -0.3 is 5.32 Å². The monoisotopic (exact) mass is 317 g/mol. The normalized spacial score (nSPS) is 11.0. The lowest BCUT2D eigenvalue weighted by Gasteiger charge is -2.09. The van der Waals surface area contributed by atoms with Gasteiger partial charge in [0.15, 0.2) is 5.65 Å². The van der Waals surface area contributed by atoms with Gasteiger partial charge in [-0.15, -0.1) is 20.4 Å². The van der Waals surface area contributed by atoms with Crippen LogP contribution in [0.25, 0.3) is 5.65 Å². The number of aromatic nitrogens is 6. The molecule has 3 rings (SSSR count). The average molecular weight is 317 g/mol. The number of fused-ring (bicyclic) bond motifs is 1. The molecule has 3 aromatic rings. The highest BCUT2D eigenvalue weighted by Gasteiger charge is 2.13. The second-order valence-corrected chi connectivity index (χ2v) is 6.14. The highest BCUT2D eigenvalue weighted by Crippen LogP contribution is 2.18. The molecule has 22 heavy (non-hydrogen) atoms. The van der Waals surface area contributed by atoms with Gasteiger partial charge in [-0.2, -0.15) is 5.10 Å². The summed E-state index contributed by atoms with van der Waals surface area (Å²) >= 11 is 1.36. The van der Waals surface area contributed by atoms with E-state index in [-0.39, 0.29) is 5.91 Å². The smallest absolute Gasteiger partial charge is 0.226 e. The van der Waals surface area contributed by atoms with Crippen molar-refractivity contribution in [2.45, 2.75) is 33.6 Å². The first-order valence-corrected chi connectivity index (χ1v) is 7.62. The SMILES string of the molecule is Cc1nnc(NC(=O)CCc2c(C)nn3cnnc3c2C)s1. The van der Waals surface area contributed by atoms with E-state index < -0.39 is 0 Å². The Hall–Kier alpha value is -2.42. The van der Waals surface area contributed by atoms with Gasteiger partial charge in [-0.3, -0.25) is 4.79 Å². The molecule has 0 spiro atoms. The zero-order chi connectivity index (χ0) is 15.7. The summed E-state index contributed by atoms with van der Waals surface area (Å²) < 4.78 is 1.65. The van der Waals surface area contributed by atoms with Crippen molar-refractivity contribution in [3.05, 3.63) is 28.2 Å². The molecule has 3 heterocycles. The molecular formula is C13H15N7OS. The largest absolute Gasteiger partial charge is 0.301 e. The lowest BCUT2D eigenvalue weighted by molar-refractivity contribution is -0.116. The van der Waals surface area contributed by atoms with Crippen LogP contribution in [-0.2, 0) is 11.2 Å². The van der Waals surface area contributed by atoms with Crippen molar-refractivity contribution in [3.8, 4) is 0 Å². The Morgan fingerprint density at radius 1 is 1.27 bits per heavy atom. The van der Waals surface area contributed by atoms with Crippen molar-refractivity contribution >= 4 is 28.0 Å². The minimum Gasteiger partial charge on any atom is -0.301 e. The molecule has 9 heteroatoms. The van der Waals surface area contributed by atoms with Gasteiger partial charge in [-0.05, 0) is 32.8 Å². The van der Waals surface area contributed by atoms with Gasteiger partial charge in [0.05, 0.1) is 5.69 Å². The zero-order valence-electron chi connectivity index (χ0n) is 12.5. The van der Waals surface area contributed by atoms with E-state index in [9.17, 15) is 4.79 Å². The Bertz CT molecular complexity index is 838. The number of hydrogen-bond acceptors (Lipinski definition) is 7. The lowest BCUT2D eigenvalue weighted by atomic mass is 10.0. The third-order valence-corrected chi connectivity index (χ3v) is 4.14. The first-order chi connectivity index (χ1) is 10.5. The average Bonchev–Trinajstić information content (AvgIpc) is 3.07. The number of carbonyl (C=O) groups is 1. The third-order valence-electron chi connectivity index (χ3n) is 3.39. The summed E-state index contributed by atoms with van der Waals surface area (Å²) in [5.74, 6) is -0.0868. The molecule has 0 aromatic carbocycles. The topological polar surface area (TPSA) is 98.0 Å². The van der Waals surface area contributed by atoms with Crippen molar-refractivity contribution in [3.63, 3.8) is 0 Å². The van der Waals surface area contributed by atoms with E-state index in [1.54, 1.807) is 10.8 Å². The molecule has 0 saturated carbocycles. The standard InChI is InChI=1S/C13H15N7OS/c1-7-10(8(2)19-20-6-14-17-12(7)20)4-5-11(21)15-13-18-16-9(3)22-13/h6H,4-5H2,1-3H3,(H,15,18,21). The second kappa shape index (κ2) is 5.76. The van der Waals surface area contributed by atoms with E-state index in [4.69, 9.17) is 0 Å². The van der Waals surface area contributed by atoms with Crippen molar-refractivity contribution < 1.29 is 4.79 Å². The quantitative estimate of drug-likeness (QED) is 0.782. The van der Waals surface area contributed by atoms with Crippen LogP contribution in [0.4, 0.5) is 5.13 Å². The molecule has 0 radical (unpaired) electrons. The zero-order valence-corrected chi connectivity index (χ0v) is 13.3. The number of amides is 1. The number of anilines is 1. The van der Waals surface area contributed by atoms with Gasteiger partial charge >= 0.3 is 0 Å². The molecule has 114 valence electrons. The summed E-state index contributed by atoms with van der Waals surface area (Å²) in [4.78, 5) is 12.0. The maximum atomic E-state index is 12.0. The van der Waals surface area contributed by atoms with E-state index in [2.05, 4.69) is 30.8 Å². The molecule has 0 fully saturated rings. The van der Waals surface area contributed by atoms with Crippen LogP contribution >= 0.6 is 11.3 Å². The van der Waals surface area contributed by atoms with Gasteiger partial charge in [0, 0.05) is 12.0 Å². The predicted octanol–water partition coefficient (Wildman–Crippen LogP) is 1.47. The molecule has 1 N–H and O–H groups in total. The summed E-state index contributed by atoms with van der Waals surface area (Å²) in [7, 11) is 0. The molecular weight excluding hydrogens is 302 g/mol. The van der Waals surface area contributed by atoms with Crippen LogP contribution in [0.5, 0.6) is 0 Å². The van der Waals surface area contributed by atoms with E-state index in [0.717, 1.165) is 27.5 Å². The van der Waals surface area contributed by atoms with Crippen molar-refractivity contribution in [1.82, 2.24) is 30.0 Å². The first-order valence-electron chi connectivity index (χ1n) is 6.80. The Labute approximate surface area is 130 Å². The van der Waals surface area contributed by atoms with Crippen LogP contribution in [0.3, 0.4) is 0 Å². The maximum absolute atomic E-state index is 12.0. The summed E-state index contributed by atoms with van der Waals surface area (Å²) in [6.07, 6.45) is 2.52. The van der Waals surface area contributed by atoms with E-state index in [1.807, 2.05) is 20.8 Å². The third kappa shape index (κ3) is 2.80. The molecule has 1 amide bonds. The number of nitrogens with zero attached hydrogens (tertiary/aromatic N) is 6. The van der Waals surface area contributed by atoms with Gasteiger partial charge in [0.25, 0.3) is 0 Å². The Morgan fingerprint density at radius 3 is 2.82 bits per heavy atom. The van der Waals surface area contributed by atoms with Gasteiger partial charge in [-0.1, -0.05) is 11.3 Å². The number of hydrogen-bond donors (Lipinski definition) is 1. The van der Waals surface area contributed by atoms with E-state index in [0.29, 0.717) is 18.0 Å². The fourth-order valence-corrected chi connectivity index (χ4v) is 2.92. The molecule has 8 nitrogen and oxygen atoms in total. The van der Waals surface area contributed by atoms with Crippen LogP contribution in [0.2, 0.25) is 0 Å². The van der Waals surface area contributed by atoms with Crippen molar-refractivity contribution in [2.24, 2.45) is 0 Å². The second-order valence-electron chi connectivity index (χ2n) is 4.96. The van der Waals surface area contributed by atoms with Crippen LogP contribution in [0, 0.1) is 20.8 Å². The van der Waals surface area contributed by atoms with Gasteiger partial charge in [0.1, 0.15) is 11.3 Å². The first kappa shape index (κ1) is 14.5. The number of carbonyl (C=O) groups excluding carboxylic acids is 1. The highest BCUT2D eigenvalue weighted by atomic mass is 32.1. The minimum atomic E-state index is -0.0868. The Morgan fingerprint density at radius 2 is 2.09 bits per heavy atom. The van der Waals surface area contributed by atoms with Crippen molar-refractivity contribution in [1.29, 1.82) is 0 Å². The molecule has 3 aromatic heterocycles. The predicted molar refractivity (Wildman–Crippen MR) is 81.9 cm³/mol. The number of nitrogens with one attached hydrogen (secondary N) is 1. The summed E-state index contributed by atoms with van der Waals surface area (Å²) in [5.41, 5.74) is 3.64. The minimum absolute atomic E-state index is 0.0868. The van der Waals surface area contributed by atoms with Crippen LogP contribution in [0.15, 0.2) is 6.33 Å². The molecule has 0 saturated heterocycles. The van der Waals surface area contributed by atoms with Crippen LogP contribution in [-0.4, -0.2) is 35.9 Å². The molecule has 0 aliphatic carbocycles. The van der Waals surface area contributed by atoms with E-state index in [1.165, 1.54) is 11.3 Å². The maximum Gasteiger partial charge on any atom is 0.226 e. The molecule has 0 bridgehead atoms. The van der Waals surface area contributed by atoms with Crippen molar-refractivity contribution in [2.75, 3.05) is 5.32 Å². The fraction of sp³-hybridized carbons (Fsp3) is 0.385. The molecule has 0 aliphatic heterocycles. The number of aryl methyl sites for hydroxylation is 3. The summed E-state index contributed by atoms with van der Waals surface area (Å²) in [6, 6.07) is 0.